The fraction of sp³-hybridized carbons (Fsp3) is 0.417. The first kappa shape index (κ1) is 12.8. The number of nitrogens with zero attached hydrogens (tertiary/aromatic N) is 3. The molecule has 2 aromatic rings. The molecule has 0 bridgehead atoms. The summed E-state index contributed by atoms with van der Waals surface area (Å²) in [5.41, 5.74) is 1.91. The van der Waals surface area contributed by atoms with Crippen molar-refractivity contribution < 1.29 is 4.79 Å². The predicted octanol–water partition coefficient (Wildman–Crippen LogP) is 1.47. The van der Waals surface area contributed by atoms with Crippen molar-refractivity contribution in [3.63, 3.8) is 0 Å². The van der Waals surface area contributed by atoms with Gasteiger partial charge in [-0.15, -0.1) is 11.3 Å². The molecule has 1 amide bonds. The van der Waals surface area contributed by atoms with Gasteiger partial charge in [-0.1, -0.05) is 0 Å². The lowest BCUT2D eigenvalue weighted by Gasteiger charge is -2.04. The average Bonchev–Trinajstić information content (AvgIpc) is 2.85. The van der Waals surface area contributed by atoms with E-state index in [9.17, 15) is 4.79 Å². The fourth-order valence-electron chi connectivity index (χ4n) is 1.75. The summed E-state index contributed by atoms with van der Waals surface area (Å²) < 4.78 is 1.95. The number of carbonyl (C=O) groups excluding carboxylic acids is 1. The van der Waals surface area contributed by atoms with Gasteiger partial charge >= 0.3 is 0 Å². The van der Waals surface area contributed by atoms with Gasteiger partial charge in [-0.25, -0.2) is 9.97 Å². The monoisotopic (exact) mass is 264 g/mol. The molecule has 0 aromatic carbocycles. The molecule has 5 nitrogen and oxygen atoms in total. The number of hydrogen-bond donors (Lipinski definition) is 1. The highest BCUT2D eigenvalue weighted by Crippen LogP contribution is 2.16. The highest BCUT2D eigenvalue weighted by molar-refractivity contribution is 7.13. The molecule has 2 aromatic heterocycles. The summed E-state index contributed by atoms with van der Waals surface area (Å²) in [6.45, 7) is 4.37. The van der Waals surface area contributed by atoms with Crippen molar-refractivity contribution in [1.82, 2.24) is 19.9 Å². The third-order valence-corrected chi connectivity index (χ3v) is 3.76. The van der Waals surface area contributed by atoms with Crippen LogP contribution in [0.3, 0.4) is 0 Å². The maximum Gasteiger partial charge on any atom is 0.263 e. The third-order valence-electron chi connectivity index (χ3n) is 2.69. The molecule has 0 aliphatic heterocycles. The van der Waals surface area contributed by atoms with Crippen molar-refractivity contribution >= 4 is 17.2 Å². The summed E-state index contributed by atoms with van der Waals surface area (Å²) in [6, 6.07) is 0. The molecule has 18 heavy (non-hydrogen) atoms. The minimum Gasteiger partial charge on any atom is -0.351 e. The van der Waals surface area contributed by atoms with Gasteiger partial charge in [0.1, 0.15) is 4.88 Å². The van der Waals surface area contributed by atoms with Crippen LogP contribution in [0.4, 0.5) is 0 Å². The van der Waals surface area contributed by atoms with E-state index in [0.29, 0.717) is 11.4 Å². The van der Waals surface area contributed by atoms with Crippen LogP contribution in [-0.4, -0.2) is 27.0 Å². The van der Waals surface area contributed by atoms with Crippen LogP contribution in [0.1, 0.15) is 26.1 Å². The molecule has 2 heterocycles. The van der Waals surface area contributed by atoms with Crippen molar-refractivity contribution in [1.29, 1.82) is 0 Å². The zero-order valence-corrected chi connectivity index (χ0v) is 11.5. The van der Waals surface area contributed by atoms with Gasteiger partial charge in [0.2, 0.25) is 0 Å². The van der Waals surface area contributed by atoms with Gasteiger partial charge in [-0.05, 0) is 13.8 Å². The second kappa shape index (κ2) is 5.30. The van der Waals surface area contributed by atoms with E-state index in [1.807, 2.05) is 31.7 Å². The first-order valence-electron chi connectivity index (χ1n) is 5.75. The second-order valence-corrected chi connectivity index (χ2v) is 5.35. The number of amides is 1. The molecule has 0 aliphatic carbocycles. The van der Waals surface area contributed by atoms with E-state index in [0.717, 1.165) is 22.8 Å². The van der Waals surface area contributed by atoms with Crippen molar-refractivity contribution in [2.24, 2.45) is 7.05 Å². The zero-order chi connectivity index (χ0) is 13.1. The standard InChI is InChI=1S/C12H16N4OS/c1-8-11(18-9(2)15-8)12(17)14-5-4-10-6-13-7-16(10)3/h6-7H,4-5H2,1-3H3,(H,14,17). The van der Waals surface area contributed by atoms with Gasteiger partial charge in [0.05, 0.1) is 17.0 Å². The van der Waals surface area contributed by atoms with Gasteiger partial charge in [-0.2, -0.15) is 0 Å². The first-order chi connectivity index (χ1) is 8.58. The Morgan fingerprint density at radius 2 is 2.28 bits per heavy atom. The summed E-state index contributed by atoms with van der Waals surface area (Å²) in [4.78, 5) is 20.9. The van der Waals surface area contributed by atoms with Gasteiger partial charge in [-0.3, -0.25) is 4.79 Å². The molecule has 6 heteroatoms. The van der Waals surface area contributed by atoms with Gasteiger partial charge in [0.25, 0.3) is 5.91 Å². The smallest absolute Gasteiger partial charge is 0.263 e. The van der Waals surface area contributed by atoms with E-state index in [-0.39, 0.29) is 5.91 Å². The molecule has 0 atom stereocenters. The minimum atomic E-state index is -0.0414. The molecule has 0 saturated heterocycles. The van der Waals surface area contributed by atoms with Crippen LogP contribution in [-0.2, 0) is 13.5 Å². The van der Waals surface area contributed by atoms with E-state index in [4.69, 9.17) is 0 Å². The van der Waals surface area contributed by atoms with E-state index in [1.165, 1.54) is 11.3 Å². The van der Waals surface area contributed by atoms with Gasteiger partial charge < -0.3 is 9.88 Å². The molecular formula is C12H16N4OS. The SMILES string of the molecule is Cc1nc(C)c(C(=O)NCCc2cncn2C)s1. The number of carbonyl (C=O) groups is 1. The Morgan fingerprint density at radius 3 is 2.83 bits per heavy atom. The molecule has 0 unspecified atom stereocenters. The number of aryl methyl sites for hydroxylation is 3. The van der Waals surface area contributed by atoms with Crippen LogP contribution >= 0.6 is 11.3 Å². The Bertz CT molecular complexity index is 558. The van der Waals surface area contributed by atoms with Crippen molar-refractivity contribution in [3.05, 3.63) is 33.8 Å². The van der Waals surface area contributed by atoms with Crippen molar-refractivity contribution in [3.8, 4) is 0 Å². The van der Waals surface area contributed by atoms with Crippen molar-refractivity contribution in [2.75, 3.05) is 6.54 Å². The Morgan fingerprint density at radius 1 is 1.50 bits per heavy atom. The third kappa shape index (κ3) is 2.76. The van der Waals surface area contributed by atoms with Crippen LogP contribution in [0.25, 0.3) is 0 Å². The lowest BCUT2D eigenvalue weighted by molar-refractivity contribution is 0.0957. The van der Waals surface area contributed by atoms with Crippen LogP contribution in [0, 0.1) is 13.8 Å². The lowest BCUT2D eigenvalue weighted by Crippen LogP contribution is -2.25. The molecule has 0 fully saturated rings. The molecule has 0 radical (unpaired) electrons. The number of thiazole rings is 1. The number of imidazole rings is 1. The molecule has 2 rings (SSSR count). The molecule has 0 spiro atoms. The zero-order valence-electron chi connectivity index (χ0n) is 10.7. The molecule has 0 aliphatic rings. The van der Waals surface area contributed by atoms with E-state index < -0.39 is 0 Å². The van der Waals surface area contributed by atoms with E-state index in [2.05, 4.69) is 15.3 Å². The number of nitrogens with one attached hydrogen (secondary N) is 1. The summed E-state index contributed by atoms with van der Waals surface area (Å²) in [7, 11) is 1.95. The topological polar surface area (TPSA) is 59.8 Å². The van der Waals surface area contributed by atoms with Gasteiger partial charge in [0.15, 0.2) is 0 Å². The highest BCUT2D eigenvalue weighted by atomic mass is 32.1. The Hall–Kier alpha value is -1.69. The normalized spacial score (nSPS) is 10.6. The largest absolute Gasteiger partial charge is 0.351 e. The number of rotatable bonds is 4. The summed E-state index contributed by atoms with van der Waals surface area (Å²) >= 11 is 1.43. The quantitative estimate of drug-likeness (QED) is 0.909. The predicted molar refractivity (Wildman–Crippen MR) is 70.8 cm³/mol. The second-order valence-electron chi connectivity index (χ2n) is 4.15. The summed E-state index contributed by atoms with van der Waals surface area (Å²) in [5.74, 6) is -0.0414. The maximum absolute atomic E-state index is 11.9. The van der Waals surface area contributed by atoms with Crippen LogP contribution in [0.2, 0.25) is 0 Å². The first-order valence-corrected chi connectivity index (χ1v) is 6.57. The Balaban J connectivity index is 1.89. The number of hydrogen-bond acceptors (Lipinski definition) is 4. The molecular weight excluding hydrogens is 248 g/mol. The van der Waals surface area contributed by atoms with Crippen LogP contribution in [0.15, 0.2) is 12.5 Å². The van der Waals surface area contributed by atoms with Gasteiger partial charge in [0, 0.05) is 31.9 Å². The fourth-order valence-corrected chi connectivity index (χ4v) is 2.59. The molecule has 96 valence electrons. The summed E-state index contributed by atoms with van der Waals surface area (Å²) in [6.07, 6.45) is 4.35. The molecule has 0 saturated carbocycles. The van der Waals surface area contributed by atoms with Crippen LogP contribution in [0.5, 0.6) is 0 Å². The average molecular weight is 264 g/mol. The van der Waals surface area contributed by atoms with Crippen LogP contribution < -0.4 is 5.32 Å². The van der Waals surface area contributed by atoms with E-state index in [1.54, 1.807) is 6.33 Å². The maximum atomic E-state index is 11.9. The Labute approximate surface area is 110 Å². The van der Waals surface area contributed by atoms with Crippen molar-refractivity contribution in [2.45, 2.75) is 20.3 Å². The summed E-state index contributed by atoms with van der Waals surface area (Å²) in [5, 5.41) is 3.83. The minimum absolute atomic E-state index is 0.0414. The Kier molecular flexibility index (Phi) is 3.76. The number of aromatic nitrogens is 3. The molecule has 1 N–H and O–H groups in total. The van der Waals surface area contributed by atoms with E-state index >= 15 is 0 Å². The lowest BCUT2D eigenvalue weighted by atomic mass is 10.3. The highest BCUT2D eigenvalue weighted by Gasteiger charge is 2.13.